The molecule has 2 aliphatic rings. The predicted octanol–water partition coefficient (Wildman–Crippen LogP) is 12.4. The van der Waals surface area contributed by atoms with Crippen molar-refractivity contribution >= 4 is 44.3 Å². The van der Waals surface area contributed by atoms with E-state index in [1.54, 1.807) is 0 Å². The number of fused-ring (bicyclic) bond motifs is 14. The summed E-state index contributed by atoms with van der Waals surface area (Å²) < 4.78 is 2.46. The monoisotopic (exact) mass is 639 g/mol. The number of aromatic nitrogens is 1. The van der Waals surface area contributed by atoms with Gasteiger partial charge >= 0.3 is 0 Å². The Bertz CT molecular complexity index is 2760. The third-order valence-electron chi connectivity index (χ3n) is 10.9. The zero-order valence-electron chi connectivity index (χ0n) is 26.6. The molecule has 2 heteroatoms. The summed E-state index contributed by atoms with van der Waals surface area (Å²) in [5, 5.41) is 5.14. The van der Waals surface area contributed by atoms with Crippen LogP contribution in [0.3, 0.4) is 0 Å². The summed E-state index contributed by atoms with van der Waals surface area (Å²) in [5.41, 5.74) is 13.9. The molecular weight excluding hydrogens is 611 g/mol. The molecule has 0 radical (unpaired) electrons. The topological polar surface area (TPSA) is 4.93 Å². The molecular formula is C47H29NS. The number of hydrogen-bond acceptors (Lipinski definition) is 1. The zero-order valence-corrected chi connectivity index (χ0v) is 27.4. The fraction of sp³-hybridized carbons (Fsp3) is 0.0213. The van der Waals surface area contributed by atoms with Gasteiger partial charge in [0, 0.05) is 26.3 Å². The van der Waals surface area contributed by atoms with Crippen LogP contribution in [0.1, 0.15) is 22.3 Å². The van der Waals surface area contributed by atoms with E-state index in [1.165, 1.54) is 92.6 Å². The third kappa shape index (κ3) is 3.62. The molecule has 0 fully saturated rings. The standard InChI is InChI=1S/C47H29NS/c1-2-12-32-29-33(22-21-30(32)11-1)31-23-25-34(26-24-31)48-42-19-9-5-15-37(42)45-43(48)28-27-41-46(45)49-44-20-10-8-18-40(44)47(41)38-16-6-3-13-35(38)36-14-4-7-17-39(36)47/h1-29H. The van der Waals surface area contributed by atoms with Gasteiger partial charge in [0.1, 0.15) is 0 Å². The summed E-state index contributed by atoms with van der Waals surface area (Å²) in [4.78, 5) is 2.68. The Morgan fingerprint density at radius 2 is 1.06 bits per heavy atom. The van der Waals surface area contributed by atoms with Crippen molar-refractivity contribution in [3.63, 3.8) is 0 Å². The fourth-order valence-electron chi connectivity index (χ4n) is 8.82. The second kappa shape index (κ2) is 10.1. The summed E-state index contributed by atoms with van der Waals surface area (Å²) in [6.45, 7) is 0. The Morgan fingerprint density at radius 1 is 0.429 bits per heavy atom. The molecule has 1 aliphatic heterocycles. The van der Waals surface area contributed by atoms with E-state index in [2.05, 4.69) is 180 Å². The molecule has 0 N–H and O–H groups in total. The molecule has 1 aromatic heterocycles. The first kappa shape index (κ1) is 27.2. The van der Waals surface area contributed by atoms with Gasteiger partial charge in [0.15, 0.2) is 0 Å². The van der Waals surface area contributed by atoms with Crippen LogP contribution in [0.2, 0.25) is 0 Å². The predicted molar refractivity (Wildman–Crippen MR) is 205 cm³/mol. The van der Waals surface area contributed by atoms with E-state index in [0.29, 0.717) is 0 Å². The molecule has 8 aromatic carbocycles. The summed E-state index contributed by atoms with van der Waals surface area (Å²) >= 11 is 1.93. The number of benzene rings is 8. The molecule has 9 aromatic rings. The molecule has 228 valence electrons. The normalized spacial score (nSPS) is 13.8. The zero-order chi connectivity index (χ0) is 32.1. The smallest absolute Gasteiger partial charge is 0.0735 e. The highest BCUT2D eigenvalue weighted by Gasteiger charge is 2.50. The molecule has 0 saturated carbocycles. The lowest BCUT2D eigenvalue weighted by Crippen LogP contribution is -2.32. The van der Waals surface area contributed by atoms with E-state index in [-0.39, 0.29) is 5.41 Å². The van der Waals surface area contributed by atoms with Crippen LogP contribution in [0.5, 0.6) is 0 Å². The molecule has 2 heterocycles. The Balaban J connectivity index is 1.17. The van der Waals surface area contributed by atoms with Gasteiger partial charge < -0.3 is 4.57 Å². The van der Waals surface area contributed by atoms with Gasteiger partial charge in [-0.1, -0.05) is 151 Å². The number of hydrogen-bond donors (Lipinski definition) is 0. The van der Waals surface area contributed by atoms with Gasteiger partial charge in [-0.25, -0.2) is 0 Å². The molecule has 0 bridgehead atoms. The number of rotatable bonds is 2. The number of para-hydroxylation sites is 1. The first-order chi connectivity index (χ1) is 24.3. The van der Waals surface area contributed by atoms with Gasteiger partial charge in [0.25, 0.3) is 0 Å². The second-order valence-corrected chi connectivity index (χ2v) is 14.3. The summed E-state index contributed by atoms with van der Waals surface area (Å²) in [7, 11) is 0. The fourth-order valence-corrected chi connectivity index (χ4v) is 10.2. The molecule has 49 heavy (non-hydrogen) atoms. The minimum Gasteiger partial charge on any atom is -0.309 e. The lowest BCUT2D eigenvalue weighted by Gasteiger charge is -2.40. The van der Waals surface area contributed by atoms with E-state index >= 15 is 0 Å². The molecule has 0 amide bonds. The summed E-state index contributed by atoms with van der Waals surface area (Å²) in [6.07, 6.45) is 0. The van der Waals surface area contributed by atoms with Gasteiger partial charge in [-0.3, -0.25) is 0 Å². The average Bonchev–Trinajstić information content (AvgIpc) is 3.66. The van der Waals surface area contributed by atoms with Crippen LogP contribution in [0.25, 0.3) is 60.5 Å². The van der Waals surface area contributed by atoms with Crippen LogP contribution < -0.4 is 0 Å². The van der Waals surface area contributed by atoms with Crippen LogP contribution in [0.15, 0.2) is 186 Å². The molecule has 1 aliphatic carbocycles. The van der Waals surface area contributed by atoms with Gasteiger partial charge in [0.05, 0.1) is 16.4 Å². The van der Waals surface area contributed by atoms with Gasteiger partial charge in [-0.2, -0.15) is 0 Å². The largest absolute Gasteiger partial charge is 0.309 e. The van der Waals surface area contributed by atoms with E-state index in [9.17, 15) is 0 Å². The molecule has 11 rings (SSSR count). The maximum absolute atomic E-state index is 2.46. The third-order valence-corrected chi connectivity index (χ3v) is 12.1. The number of nitrogens with zero attached hydrogens (tertiary/aromatic N) is 1. The summed E-state index contributed by atoms with van der Waals surface area (Å²) in [5.74, 6) is 0. The Morgan fingerprint density at radius 3 is 1.86 bits per heavy atom. The van der Waals surface area contributed by atoms with Crippen LogP contribution in [0, 0.1) is 0 Å². The SMILES string of the molecule is c1ccc2c(c1)Sc1c(ccc3c1c1ccccc1n3-c1ccc(-c3ccc4ccccc4c3)cc1)C21c2ccccc2-c2ccccc21. The lowest BCUT2D eigenvalue weighted by atomic mass is 9.67. The minimum absolute atomic E-state index is 0.386. The first-order valence-corrected chi connectivity index (χ1v) is 17.8. The van der Waals surface area contributed by atoms with Crippen molar-refractivity contribution < 1.29 is 0 Å². The van der Waals surface area contributed by atoms with Crippen molar-refractivity contribution in [3.05, 3.63) is 198 Å². The Kier molecular flexibility index (Phi) is 5.59. The van der Waals surface area contributed by atoms with Crippen molar-refractivity contribution in [2.75, 3.05) is 0 Å². The Hall–Kier alpha value is -5.83. The maximum Gasteiger partial charge on any atom is 0.0735 e. The summed E-state index contributed by atoms with van der Waals surface area (Å²) in [6, 6.07) is 65.3. The molecule has 0 atom stereocenters. The van der Waals surface area contributed by atoms with Gasteiger partial charge in [-0.05, 0) is 91.7 Å². The highest BCUT2D eigenvalue weighted by atomic mass is 32.2. The van der Waals surface area contributed by atoms with Gasteiger partial charge in [-0.15, -0.1) is 0 Å². The van der Waals surface area contributed by atoms with Crippen LogP contribution in [0.4, 0.5) is 0 Å². The maximum atomic E-state index is 2.46. The van der Waals surface area contributed by atoms with Crippen molar-refractivity contribution in [1.82, 2.24) is 4.57 Å². The molecule has 0 unspecified atom stereocenters. The van der Waals surface area contributed by atoms with Crippen LogP contribution in [-0.2, 0) is 5.41 Å². The van der Waals surface area contributed by atoms with E-state index in [1.807, 2.05) is 11.8 Å². The van der Waals surface area contributed by atoms with Crippen LogP contribution >= 0.6 is 11.8 Å². The van der Waals surface area contributed by atoms with Crippen molar-refractivity contribution in [3.8, 4) is 27.9 Å². The lowest BCUT2D eigenvalue weighted by molar-refractivity contribution is 0.726. The molecule has 1 nitrogen and oxygen atoms in total. The van der Waals surface area contributed by atoms with Crippen molar-refractivity contribution in [2.45, 2.75) is 15.2 Å². The molecule has 0 saturated heterocycles. The average molecular weight is 640 g/mol. The van der Waals surface area contributed by atoms with Crippen molar-refractivity contribution in [2.24, 2.45) is 0 Å². The van der Waals surface area contributed by atoms with E-state index in [0.717, 1.165) is 0 Å². The van der Waals surface area contributed by atoms with Crippen LogP contribution in [-0.4, -0.2) is 4.57 Å². The first-order valence-electron chi connectivity index (χ1n) is 16.9. The van der Waals surface area contributed by atoms with Crippen molar-refractivity contribution in [1.29, 1.82) is 0 Å². The van der Waals surface area contributed by atoms with E-state index < -0.39 is 0 Å². The van der Waals surface area contributed by atoms with Gasteiger partial charge in [0.2, 0.25) is 0 Å². The minimum atomic E-state index is -0.386. The highest BCUT2D eigenvalue weighted by molar-refractivity contribution is 7.99. The van der Waals surface area contributed by atoms with E-state index in [4.69, 9.17) is 0 Å². The Labute approximate surface area is 289 Å². The quantitative estimate of drug-likeness (QED) is 0.182. The second-order valence-electron chi connectivity index (χ2n) is 13.2. The molecule has 1 spiro atoms. The highest BCUT2D eigenvalue weighted by Crippen LogP contribution is 2.63.